The predicted molar refractivity (Wildman–Crippen MR) is 87.1 cm³/mol. The zero-order valence-corrected chi connectivity index (χ0v) is 13.7. The summed E-state index contributed by atoms with van der Waals surface area (Å²) in [5.41, 5.74) is 0.687. The van der Waals surface area contributed by atoms with Crippen LogP contribution in [0.2, 0.25) is 0 Å². The van der Waals surface area contributed by atoms with E-state index in [4.69, 9.17) is 4.74 Å². The van der Waals surface area contributed by atoms with Crippen molar-refractivity contribution in [3.63, 3.8) is 0 Å². The summed E-state index contributed by atoms with van der Waals surface area (Å²) in [6.07, 6.45) is 2.38. The van der Waals surface area contributed by atoms with E-state index < -0.39 is 0 Å². The van der Waals surface area contributed by atoms with Crippen molar-refractivity contribution in [2.24, 2.45) is 0 Å². The smallest absolute Gasteiger partial charge is 0.246 e. The van der Waals surface area contributed by atoms with Crippen molar-refractivity contribution < 1.29 is 14.3 Å². The summed E-state index contributed by atoms with van der Waals surface area (Å²) in [5, 5.41) is 0. The molecule has 2 heterocycles. The van der Waals surface area contributed by atoms with Crippen LogP contribution in [-0.4, -0.2) is 59.4 Å². The van der Waals surface area contributed by atoms with Crippen LogP contribution in [0, 0.1) is 0 Å². The number of methoxy groups -OCH3 is 1. The molecule has 1 saturated heterocycles. The molecule has 2 amide bonds. The molecule has 1 aromatic rings. The topological polar surface area (TPSA) is 62.7 Å². The molecular weight excluding hydrogens is 294 g/mol. The summed E-state index contributed by atoms with van der Waals surface area (Å²) in [7, 11) is 1.55. The van der Waals surface area contributed by atoms with Gasteiger partial charge in [0, 0.05) is 31.7 Å². The van der Waals surface area contributed by atoms with Crippen LogP contribution in [-0.2, 0) is 16.0 Å². The van der Waals surface area contributed by atoms with E-state index in [1.54, 1.807) is 18.1 Å². The maximum atomic E-state index is 12.5. The molecule has 1 atom stereocenters. The van der Waals surface area contributed by atoms with Crippen LogP contribution >= 0.6 is 0 Å². The number of piperazine rings is 1. The summed E-state index contributed by atoms with van der Waals surface area (Å²) in [4.78, 5) is 32.2. The van der Waals surface area contributed by atoms with Gasteiger partial charge in [0.2, 0.25) is 17.7 Å². The van der Waals surface area contributed by atoms with Crippen LogP contribution in [0.1, 0.15) is 19.0 Å². The Morgan fingerprint density at radius 2 is 2.22 bits per heavy atom. The molecular formula is C17H23N3O3. The molecule has 23 heavy (non-hydrogen) atoms. The zero-order valence-electron chi connectivity index (χ0n) is 13.7. The van der Waals surface area contributed by atoms with Gasteiger partial charge in [-0.15, -0.1) is 0 Å². The van der Waals surface area contributed by atoms with Crippen LogP contribution in [0.5, 0.6) is 5.88 Å². The van der Waals surface area contributed by atoms with Gasteiger partial charge >= 0.3 is 0 Å². The molecule has 0 radical (unpaired) electrons. The van der Waals surface area contributed by atoms with Crippen molar-refractivity contribution in [1.82, 2.24) is 14.8 Å². The number of rotatable bonds is 5. The molecule has 124 valence electrons. The molecule has 6 heteroatoms. The fourth-order valence-corrected chi connectivity index (χ4v) is 2.78. The van der Waals surface area contributed by atoms with E-state index in [1.165, 1.54) is 6.08 Å². The SMILES string of the molecule is C=CC(=O)N1CCN(C(=O)Cc2cccc(OC)n2)C[C@H]1CC. The molecule has 0 spiro atoms. The average molecular weight is 317 g/mol. The number of carbonyl (C=O) groups excluding carboxylic acids is 2. The summed E-state index contributed by atoms with van der Waals surface area (Å²) in [6.45, 7) is 7.20. The molecule has 0 aromatic carbocycles. The number of ether oxygens (including phenoxy) is 1. The third kappa shape index (κ3) is 4.09. The van der Waals surface area contributed by atoms with Gasteiger partial charge < -0.3 is 14.5 Å². The molecule has 6 nitrogen and oxygen atoms in total. The number of amides is 2. The summed E-state index contributed by atoms with van der Waals surface area (Å²) >= 11 is 0. The van der Waals surface area contributed by atoms with Crippen molar-refractivity contribution in [2.75, 3.05) is 26.7 Å². The lowest BCUT2D eigenvalue weighted by Gasteiger charge is -2.40. The molecule has 2 rings (SSSR count). The first-order valence-corrected chi connectivity index (χ1v) is 7.79. The number of nitrogens with zero attached hydrogens (tertiary/aromatic N) is 3. The Balaban J connectivity index is 2.00. The zero-order chi connectivity index (χ0) is 16.8. The third-order valence-corrected chi connectivity index (χ3v) is 4.09. The number of pyridine rings is 1. The normalized spacial score (nSPS) is 17.7. The molecule has 1 aliphatic rings. The van der Waals surface area contributed by atoms with E-state index in [9.17, 15) is 9.59 Å². The van der Waals surface area contributed by atoms with E-state index in [-0.39, 0.29) is 24.3 Å². The second-order valence-corrected chi connectivity index (χ2v) is 5.49. The Labute approximate surface area is 136 Å². The second-order valence-electron chi connectivity index (χ2n) is 5.49. The fraction of sp³-hybridized carbons (Fsp3) is 0.471. The first-order valence-electron chi connectivity index (χ1n) is 7.79. The Kier molecular flexibility index (Phi) is 5.73. The standard InChI is InChI=1S/C17H23N3O3/c1-4-14-12-19(9-10-20(14)16(21)5-2)17(22)11-13-7-6-8-15(18-13)23-3/h5-8,14H,2,4,9-12H2,1,3H3/t14-/m1/s1. The Bertz CT molecular complexity index is 588. The number of hydrogen-bond acceptors (Lipinski definition) is 4. The Hall–Kier alpha value is -2.37. The lowest BCUT2D eigenvalue weighted by Crippen LogP contribution is -2.56. The highest BCUT2D eigenvalue weighted by Gasteiger charge is 2.30. The maximum Gasteiger partial charge on any atom is 0.246 e. The van der Waals surface area contributed by atoms with Gasteiger partial charge in [0.1, 0.15) is 0 Å². The van der Waals surface area contributed by atoms with Gasteiger partial charge in [-0.25, -0.2) is 4.98 Å². The predicted octanol–water partition coefficient (Wildman–Crippen LogP) is 1.27. The van der Waals surface area contributed by atoms with Crippen LogP contribution in [0.25, 0.3) is 0 Å². The lowest BCUT2D eigenvalue weighted by molar-refractivity contribution is -0.139. The molecule has 0 bridgehead atoms. The molecule has 0 aliphatic carbocycles. The average Bonchev–Trinajstić information content (AvgIpc) is 2.60. The van der Waals surface area contributed by atoms with Crippen molar-refractivity contribution in [3.05, 3.63) is 36.5 Å². The molecule has 0 N–H and O–H groups in total. The van der Waals surface area contributed by atoms with Gasteiger partial charge in [0.05, 0.1) is 19.2 Å². The molecule has 1 aromatic heterocycles. The number of hydrogen-bond donors (Lipinski definition) is 0. The van der Waals surface area contributed by atoms with Gasteiger partial charge in [-0.3, -0.25) is 9.59 Å². The first kappa shape index (κ1) is 17.0. The van der Waals surface area contributed by atoms with E-state index in [0.717, 1.165) is 6.42 Å². The fourth-order valence-electron chi connectivity index (χ4n) is 2.78. The minimum absolute atomic E-state index is 0.0231. The third-order valence-electron chi connectivity index (χ3n) is 4.09. The highest BCUT2D eigenvalue weighted by molar-refractivity contribution is 5.87. The van der Waals surface area contributed by atoms with Gasteiger partial charge in [-0.2, -0.15) is 0 Å². The van der Waals surface area contributed by atoms with Gasteiger partial charge in [-0.1, -0.05) is 19.6 Å². The van der Waals surface area contributed by atoms with Crippen LogP contribution in [0.4, 0.5) is 0 Å². The molecule has 1 fully saturated rings. The van der Waals surface area contributed by atoms with Crippen molar-refractivity contribution in [2.45, 2.75) is 25.8 Å². The Morgan fingerprint density at radius 1 is 1.43 bits per heavy atom. The van der Waals surface area contributed by atoms with E-state index in [0.29, 0.717) is 31.2 Å². The highest BCUT2D eigenvalue weighted by atomic mass is 16.5. The van der Waals surface area contributed by atoms with E-state index in [1.807, 2.05) is 24.0 Å². The molecule has 0 saturated carbocycles. The number of carbonyl (C=O) groups is 2. The van der Waals surface area contributed by atoms with Crippen molar-refractivity contribution >= 4 is 11.8 Å². The number of aromatic nitrogens is 1. The van der Waals surface area contributed by atoms with Crippen LogP contribution in [0.15, 0.2) is 30.9 Å². The highest BCUT2D eigenvalue weighted by Crippen LogP contribution is 2.15. The van der Waals surface area contributed by atoms with Crippen molar-refractivity contribution in [1.29, 1.82) is 0 Å². The van der Waals surface area contributed by atoms with Gasteiger partial charge in [0.15, 0.2) is 0 Å². The van der Waals surface area contributed by atoms with E-state index >= 15 is 0 Å². The maximum absolute atomic E-state index is 12.5. The van der Waals surface area contributed by atoms with Gasteiger partial charge in [-0.05, 0) is 18.6 Å². The minimum atomic E-state index is -0.0709. The molecule has 0 unspecified atom stereocenters. The summed E-state index contributed by atoms with van der Waals surface area (Å²) in [5.74, 6) is 0.455. The van der Waals surface area contributed by atoms with Crippen molar-refractivity contribution in [3.8, 4) is 5.88 Å². The minimum Gasteiger partial charge on any atom is -0.481 e. The van der Waals surface area contributed by atoms with Gasteiger partial charge in [0.25, 0.3) is 0 Å². The quantitative estimate of drug-likeness (QED) is 0.767. The summed E-state index contributed by atoms with van der Waals surface area (Å²) < 4.78 is 5.08. The second kappa shape index (κ2) is 7.76. The van der Waals surface area contributed by atoms with Crippen LogP contribution < -0.4 is 4.74 Å². The molecule has 1 aliphatic heterocycles. The monoisotopic (exact) mass is 317 g/mol. The summed E-state index contributed by atoms with van der Waals surface area (Å²) in [6, 6.07) is 5.43. The van der Waals surface area contributed by atoms with E-state index in [2.05, 4.69) is 11.6 Å². The lowest BCUT2D eigenvalue weighted by atomic mass is 10.1. The largest absolute Gasteiger partial charge is 0.481 e. The van der Waals surface area contributed by atoms with Crippen LogP contribution in [0.3, 0.4) is 0 Å². The Morgan fingerprint density at radius 3 is 2.87 bits per heavy atom. The first-order chi connectivity index (χ1) is 11.1.